The van der Waals surface area contributed by atoms with Crippen LogP contribution in [0.25, 0.3) is 0 Å². The Labute approximate surface area is 138 Å². The molecule has 0 radical (unpaired) electrons. The lowest BCUT2D eigenvalue weighted by molar-refractivity contribution is 0.0185. The summed E-state index contributed by atoms with van der Waals surface area (Å²) < 4.78 is 16.1. The maximum absolute atomic E-state index is 8.76. The number of rotatable bonds is 14. The first-order valence-electron chi connectivity index (χ1n) is 8.09. The highest BCUT2D eigenvalue weighted by Gasteiger charge is 2.18. The van der Waals surface area contributed by atoms with Gasteiger partial charge in [0.25, 0.3) is 0 Å². The smallest absolute Gasteiger partial charge is 0.0701 e. The molecule has 0 aromatic carbocycles. The summed E-state index contributed by atoms with van der Waals surface area (Å²) in [7, 11) is 0. The van der Waals surface area contributed by atoms with Crippen LogP contribution < -0.4 is 5.73 Å². The number of aliphatic hydroxyl groups excluding tert-OH is 2. The monoisotopic (exact) mass is 330 g/mol. The van der Waals surface area contributed by atoms with Crippen molar-refractivity contribution in [3.8, 4) is 0 Å². The summed E-state index contributed by atoms with van der Waals surface area (Å²) in [6.07, 6.45) is 6.84. The first-order valence-corrected chi connectivity index (χ1v) is 8.09. The average Bonchev–Trinajstić information content (AvgIpc) is 2.56. The standard InChI is InChI=1S/C16H30N2O5/c17-15-2-1-3-16(14-15)18(4-8-21-10-6-19)5-9-22-12-13-23-11-7-20/h1-3,16,19-20H,4-14,17H2. The molecule has 1 atom stereocenters. The van der Waals surface area contributed by atoms with Gasteiger partial charge in [0.05, 0.1) is 52.9 Å². The molecule has 0 heterocycles. The summed E-state index contributed by atoms with van der Waals surface area (Å²) in [6.45, 7) is 4.45. The summed E-state index contributed by atoms with van der Waals surface area (Å²) in [5.41, 5.74) is 6.79. The first kappa shape index (κ1) is 20.1. The van der Waals surface area contributed by atoms with Gasteiger partial charge < -0.3 is 30.2 Å². The third-order valence-electron chi connectivity index (χ3n) is 3.45. The minimum absolute atomic E-state index is 0.0323. The van der Waals surface area contributed by atoms with Crippen molar-refractivity contribution in [3.63, 3.8) is 0 Å². The Morgan fingerprint density at radius 1 is 0.957 bits per heavy atom. The Morgan fingerprint density at radius 2 is 1.52 bits per heavy atom. The third kappa shape index (κ3) is 9.70. The van der Waals surface area contributed by atoms with E-state index in [1.165, 1.54) is 0 Å². The molecule has 0 amide bonds. The van der Waals surface area contributed by atoms with Gasteiger partial charge in [0.2, 0.25) is 0 Å². The topological polar surface area (TPSA) is 97.4 Å². The molecule has 4 N–H and O–H groups in total. The number of ether oxygens (including phenoxy) is 3. The molecular formula is C16H30N2O5. The zero-order valence-electron chi connectivity index (χ0n) is 13.7. The van der Waals surface area contributed by atoms with Gasteiger partial charge in [0, 0.05) is 31.2 Å². The van der Waals surface area contributed by atoms with Crippen LogP contribution in [0.1, 0.15) is 6.42 Å². The van der Waals surface area contributed by atoms with Crippen molar-refractivity contribution < 1.29 is 24.4 Å². The quantitative estimate of drug-likeness (QED) is 0.369. The summed E-state index contributed by atoms with van der Waals surface area (Å²) in [5, 5.41) is 17.4. The van der Waals surface area contributed by atoms with Crippen molar-refractivity contribution in [1.82, 2.24) is 4.90 Å². The molecule has 7 nitrogen and oxygen atoms in total. The Hall–Kier alpha value is -0.960. The largest absolute Gasteiger partial charge is 0.402 e. The van der Waals surface area contributed by atoms with Gasteiger partial charge in [-0.2, -0.15) is 0 Å². The number of aliphatic hydroxyl groups is 2. The van der Waals surface area contributed by atoms with E-state index in [1.807, 2.05) is 12.2 Å². The number of allylic oxidation sites excluding steroid dienone is 2. The molecule has 23 heavy (non-hydrogen) atoms. The molecule has 134 valence electrons. The molecule has 1 rings (SSSR count). The van der Waals surface area contributed by atoms with Gasteiger partial charge in [-0.15, -0.1) is 0 Å². The van der Waals surface area contributed by atoms with Crippen molar-refractivity contribution in [2.24, 2.45) is 5.73 Å². The lowest BCUT2D eigenvalue weighted by Gasteiger charge is -2.31. The van der Waals surface area contributed by atoms with Gasteiger partial charge in [0.1, 0.15) is 0 Å². The van der Waals surface area contributed by atoms with Gasteiger partial charge in [-0.25, -0.2) is 0 Å². The van der Waals surface area contributed by atoms with E-state index in [4.69, 9.17) is 30.2 Å². The molecule has 0 fully saturated rings. The number of hydrogen-bond acceptors (Lipinski definition) is 7. The SMILES string of the molecule is NC1=CC=CC(N(CCOCCO)CCOCCOCCO)C1. The Morgan fingerprint density at radius 3 is 2.09 bits per heavy atom. The molecule has 7 heteroatoms. The van der Waals surface area contributed by atoms with E-state index >= 15 is 0 Å². The lowest BCUT2D eigenvalue weighted by Crippen LogP contribution is -2.40. The summed E-state index contributed by atoms with van der Waals surface area (Å²) in [6, 6.07) is 0.243. The van der Waals surface area contributed by atoms with E-state index in [0.29, 0.717) is 39.6 Å². The van der Waals surface area contributed by atoms with Crippen LogP contribution in [0.15, 0.2) is 23.9 Å². The highest BCUT2D eigenvalue weighted by Crippen LogP contribution is 2.14. The van der Waals surface area contributed by atoms with Crippen LogP contribution in [0.2, 0.25) is 0 Å². The molecular weight excluding hydrogens is 300 g/mol. The molecule has 0 spiro atoms. The summed E-state index contributed by atoms with van der Waals surface area (Å²) in [4.78, 5) is 2.27. The van der Waals surface area contributed by atoms with Crippen molar-refractivity contribution >= 4 is 0 Å². The molecule has 0 aromatic heterocycles. The predicted octanol–water partition coefficient (Wildman–Crippen LogP) is -0.506. The zero-order chi connectivity index (χ0) is 16.8. The zero-order valence-corrected chi connectivity index (χ0v) is 13.7. The van der Waals surface area contributed by atoms with Gasteiger partial charge in [0.15, 0.2) is 0 Å². The van der Waals surface area contributed by atoms with E-state index < -0.39 is 0 Å². The average molecular weight is 330 g/mol. The third-order valence-corrected chi connectivity index (χ3v) is 3.45. The molecule has 1 aliphatic carbocycles. The van der Waals surface area contributed by atoms with E-state index in [1.54, 1.807) is 0 Å². The van der Waals surface area contributed by atoms with Crippen LogP contribution in [0.3, 0.4) is 0 Å². The fourth-order valence-corrected chi connectivity index (χ4v) is 2.30. The highest BCUT2D eigenvalue weighted by atomic mass is 16.5. The molecule has 1 aliphatic rings. The second-order valence-electron chi connectivity index (χ2n) is 5.22. The molecule has 0 aliphatic heterocycles. The van der Waals surface area contributed by atoms with Crippen LogP contribution in [-0.2, 0) is 14.2 Å². The maximum Gasteiger partial charge on any atom is 0.0701 e. The van der Waals surface area contributed by atoms with Crippen molar-refractivity contribution in [1.29, 1.82) is 0 Å². The minimum Gasteiger partial charge on any atom is -0.402 e. The second-order valence-corrected chi connectivity index (χ2v) is 5.22. The van der Waals surface area contributed by atoms with E-state index in [2.05, 4.69) is 11.0 Å². The van der Waals surface area contributed by atoms with Crippen molar-refractivity contribution in [2.75, 3.05) is 65.9 Å². The fraction of sp³-hybridized carbons (Fsp3) is 0.750. The minimum atomic E-state index is 0.0323. The van der Waals surface area contributed by atoms with Crippen molar-refractivity contribution in [3.05, 3.63) is 23.9 Å². The fourth-order valence-electron chi connectivity index (χ4n) is 2.30. The normalized spacial score (nSPS) is 17.7. The van der Waals surface area contributed by atoms with E-state index in [0.717, 1.165) is 25.2 Å². The summed E-state index contributed by atoms with van der Waals surface area (Å²) in [5.74, 6) is 0. The Kier molecular flexibility index (Phi) is 11.8. The Balaban J connectivity index is 2.27. The van der Waals surface area contributed by atoms with Crippen LogP contribution in [0.5, 0.6) is 0 Å². The Bertz CT molecular complexity index is 349. The number of nitrogens with two attached hydrogens (primary N) is 1. The van der Waals surface area contributed by atoms with Gasteiger partial charge in [-0.3, -0.25) is 4.90 Å². The summed E-state index contributed by atoms with van der Waals surface area (Å²) >= 11 is 0. The highest BCUT2D eigenvalue weighted by molar-refractivity contribution is 5.19. The molecule has 0 aromatic rings. The van der Waals surface area contributed by atoms with Crippen molar-refractivity contribution in [2.45, 2.75) is 12.5 Å². The molecule has 0 saturated carbocycles. The first-order chi connectivity index (χ1) is 11.3. The molecule has 1 unspecified atom stereocenters. The van der Waals surface area contributed by atoms with E-state index in [9.17, 15) is 0 Å². The number of nitrogens with zero attached hydrogens (tertiary/aromatic N) is 1. The lowest BCUT2D eigenvalue weighted by atomic mass is 10.0. The van der Waals surface area contributed by atoms with Gasteiger partial charge >= 0.3 is 0 Å². The van der Waals surface area contributed by atoms with Gasteiger partial charge in [-0.1, -0.05) is 12.2 Å². The van der Waals surface area contributed by atoms with E-state index in [-0.39, 0.29) is 19.3 Å². The van der Waals surface area contributed by atoms with Gasteiger partial charge in [-0.05, 0) is 6.08 Å². The van der Waals surface area contributed by atoms with Crippen LogP contribution in [0.4, 0.5) is 0 Å². The predicted molar refractivity (Wildman–Crippen MR) is 88.0 cm³/mol. The second kappa shape index (κ2) is 13.5. The van der Waals surface area contributed by atoms with Crippen LogP contribution >= 0.6 is 0 Å². The number of hydrogen-bond donors (Lipinski definition) is 3. The molecule has 0 saturated heterocycles. The molecule has 0 bridgehead atoms. The van der Waals surface area contributed by atoms with Crippen LogP contribution in [-0.4, -0.2) is 87.1 Å². The van der Waals surface area contributed by atoms with Crippen LogP contribution in [0, 0.1) is 0 Å². The maximum atomic E-state index is 8.76.